The Kier molecular flexibility index (Phi) is 3.89. The van der Waals surface area contributed by atoms with Gasteiger partial charge in [-0.05, 0) is 11.8 Å². The standard InChI is InChI=1S/C7H16N2O2/c1-7(2,3)4-5-11-9-6(8)10/h4-5H2,1-3H3,(H3,8,9,10). The summed E-state index contributed by atoms with van der Waals surface area (Å²) < 4.78 is 0. The number of hydrogen-bond acceptors (Lipinski definition) is 2. The zero-order valence-corrected chi connectivity index (χ0v) is 7.31. The van der Waals surface area contributed by atoms with Crippen LogP contribution in [-0.2, 0) is 4.84 Å². The average molecular weight is 160 g/mol. The second-order valence-corrected chi connectivity index (χ2v) is 3.63. The van der Waals surface area contributed by atoms with Crippen LogP contribution in [0.25, 0.3) is 0 Å². The Bertz CT molecular complexity index is 129. The van der Waals surface area contributed by atoms with Crippen molar-refractivity contribution in [1.82, 2.24) is 5.48 Å². The summed E-state index contributed by atoms with van der Waals surface area (Å²) in [5, 5.41) is 0. The lowest BCUT2D eigenvalue weighted by atomic mass is 9.93. The molecule has 0 aliphatic rings. The van der Waals surface area contributed by atoms with Crippen molar-refractivity contribution in [2.24, 2.45) is 11.1 Å². The molecule has 0 aromatic carbocycles. The molecule has 0 aromatic rings. The number of hydroxylamine groups is 1. The maximum Gasteiger partial charge on any atom is 0.336 e. The van der Waals surface area contributed by atoms with Crippen LogP contribution in [0, 0.1) is 5.41 Å². The monoisotopic (exact) mass is 160 g/mol. The van der Waals surface area contributed by atoms with E-state index in [1.807, 2.05) is 0 Å². The molecule has 2 amide bonds. The number of rotatable bonds is 3. The molecule has 3 N–H and O–H groups in total. The van der Waals surface area contributed by atoms with Crippen molar-refractivity contribution in [3.8, 4) is 0 Å². The highest BCUT2D eigenvalue weighted by Gasteiger charge is 2.09. The van der Waals surface area contributed by atoms with Crippen LogP contribution in [0.1, 0.15) is 27.2 Å². The molecule has 0 aliphatic carbocycles. The predicted octanol–water partition coefficient (Wildman–Crippen LogP) is 1.02. The number of hydrogen-bond donors (Lipinski definition) is 2. The Balaban J connectivity index is 3.22. The van der Waals surface area contributed by atoms with Crippen molar-refractivity contribution in [3.05, 3.63) is 0 Å². The number of nitrogens with two attached hydrogens (primary N) is 1. The minimum absolute atomic E-state index is 0.222. The Labute approximate surface area is 67.0 Å². The van der Waals surface area contributed by atoms with Gasteiger partial charge in [-0.1, -0.05) is 20.8 Å². The quantitative estimate of drug-likeness (QED) is 0.478. The molecule has 0 saturated carbocycles. The van der Waals surface area contributed by atoms with Crippen molar-refractivity contribution < 1.29 is 9.63 Å². The van der Waals surface area contributed by atoms with Gasteiger partial charge < -0.3 is 5.73 Å². The minimum Gasteiger partial charge on any atom is -0.350 e. The topological polar surface area (TPSA) is 64.3 Å². The lowest BCUT2D eigenvalue weighted by Gasteiger charge is -2.16. The van der Waals surface area contributed by atoms with E-state index in [2.05, 4.69) is 26.3 Å². The van der Waals surface area contributed by atoms with Gasteiger partial charge in [0, 0.05) is 0 Å². The summed E-state index contributed by atoms with van der Waals surface area (Å²) in [4.78, 5) is 14.9. The van der Waals surface area contributed by atoms with E-state index in [1.165, 1.54) is 0 Å². The van der Waals surface area contributed by atoms with Gasteiger partial charge in [-0.15, -0.1) is 0 Å². The molecular formula is C7H16N2O2. The summed E-state index contributed by atoms with van der Waals surface area (Å²) in [5.74, 6) is 0. The van der Waals surface area contributed by atoms with Gasteiger partial charge in [0.05, 0.1) is 6.61 Å². The number of nitrogens with one attached hydrogen (secondary N) is 1. The maximum absolute atomic E-state index is 10.1. The van der Waals surface area contributed by atoms with Crippen LogP contribution in [0.15, 0.2) is 0 Å². The Morgan fingerprint density at radius 3 is 2.45 bits per heavy atom. The third kappa shape index (κ3) is 9.23. The molecule has 0 bridgehead atoms. The molecule has 0 heterocycles. The zero-order chi connectivity index (χ0) is 8.91. The molecule has 4 heteroatoms. The number of carbonyl (C=O) groups is 1. The summed E-state index contributed by atoms with van der Waals surface area (Å²) >= 11 is 0. The molecule has 0 radical (unpaired) electrons. The van der Waals surface area contributed by atoms with Crippen LogP contribution in [0.2, 0.25) is 0 Å². The fourth-order valence-electron chi connectivity index (χ4n) is 0.479. The molecule has 0 unspecified atom stereocenters. The molecule has 4 nitrogen and oxygen atoms in total. The molecule has 0 aliphatic heterocycles. The average Bonchev–Trinajstić information content (AvgIpc) is 1.78. The Hall–Kier alpha value is -0.770. The largest absolute Gasteiger partial charge is 0.350 e. The smallest absolute Gasteiger partial charge is 0.336 e. The molecule has 0 aromatic heterocycles. The van der Waals surface area contributed by atoms with Crippen LogP contribution >= 0.6 is 0 Å². The first-order chi connectivity index (χ1) is 4.92. The van der Waals surface area contributed by atoms with Crippen LogP contribution in [0.3, 0.4) is 0 Å². The van der Waals surface area contributed by atoms with Gasteiger partial charge in [0.25, 0.3) is 0 Å². The summed E-state index contributed by atoms with van der Waals surface area (Å²) in [6, 6.07) is -0.654. The molecule has 0 atom stereocenters. The molecule has 11 heavy (non-hydrogen) atoms. The maximum atomic E-state index is 10.1. The first kappa shape index (κ1) is 10.2. The summed E-state index contributed by atoms with van der Waals surface area (Å²) in [5.41, 5.74) is 7.05. The predicted molar refractivity (Wildman–Crippen MR) is 42.7 cm³/mol. The van der Waals surface area contributed by atoms with Crippen LogP contribution in [0.4, 0.5) is 4.79 Å². The first-order valence-corrected chi connectivity index (χ1v) is 3.59. The van der Waals surface area contributed by atoms with E-state index < -0.39 is 6.03 Å². The van der Waals surface area contributed by atoms with Gasteiger partial charge in [-0.3, -0.25) is 4.84 Å². The molecular weight excluding hydrogens is 144 g/mol. The third-order valence-corrected chi connectivity index (χ3v) is 1.13. The summed E-state index contributed by atoms with van der Waals surface area (Å²) in [6.07, 6.45) is 0.882. The molecule has 0 spiro atoms. The number of primary amides is 1. The van der Waals surface area contributed by atoms with Gasteiger partial charge in [-0.25, -0.2) is 10.3 Å². The molecule has 0 saturated heterocycles. The van der Waals surface area contributed by atoms with E-state index >= 15 is 0 Å². The summed E-state index contributed by atoms with van der Waals surface area (Å²) in [6.45, 7) is 6.79. The fraction of sp³-hybridized carbons (Fsp3) is 0.857. The van der Waals surface area contributed by atoms with Crippen LogP contribution in [-0.4, -0.2) is 12.6 Å². The van der Waals surface area contributed by atoms with Crippen LogP contribution in [0.5, 0.6) is 0 Å². The van der Waals surface area contributed by atoms with E-state index in [4.69, 9.17) is 10.6 Å². The number of urea groups is 1. The highest BCUT2D eigenvalue weighted by Crippen LogP contribution is 2.17. The van der Waals surface area contributed by atoms with E-state index in [1.54, 1.807) is 0 Å². The number of carbonyl (C=O) groups excluding carboxylic acids is 1. The van der Waals surface area contributed by atoms with Crippen molar-refractivity contribution in [2.75, 3.05) is 6.61 Å². The van der Waals surface area contributed by atoms with Gasteiger partial charge in [0.15, 0.2) is 0 Å². The molecule has 66 valence electrons. The van der Waals surface area contributed by atoms with E-state index in [-0.39, 0.29) is 5.41 Å². The van der Waals surface area contributed by atoms with Crippen LogP contribution < -0.4 is 11.2 Å². The van der Waals surface area contributed by atoms with E-state index in [0.29, 0.717) is 6.61 Å². The zero-order valence-electron chi connectivity index (χ0n) is 7.31. The lowest BCUT2D eigenvalue weighted by molar-refractivity contribution is 0.0481. The number of amides is 2. The second-order valence-electron chi connectivity index (χ2n) is 3.63. The first-order valence-electron chi connectivity index (χ1n) is 3.59. The third-order valence-electron chi connectivity index (χ3n) is 1.13. The van der Waals surface area contributed by atoms with Crippen molar-refractivity contribution in [1.29, 1.82) is 0 Å². The van der Waals surface area contributed by atoms with Crippen molar-refractivity contribution in [3.63, 3.8) is 0 Å². The highest BCUT2D eigenvalue weighted by atomic mass is 16.7. The Morgan fingerprint density at radius 2 is 2.09 bits per heavy atom. The molecule has 0 fully saturated rings. The lowest BCUT2D eigenvalue weighted by Crippen LogP contribution is -2.30. The minimum atomic E-state index is -0.654. The van der Waals surface area contributed by atoms with Crippen molar-refractivity contribution >= 4 is 6.03 Å². The second kappa shape index (κ2) is 4.18. The highest BCUT2D eigenvalue weighted by molar-refractivity contribution is 5.70. The Morgan fingerprint density at radius 1 is 1.55 bits per heavy atom. The van der Waals surface area contributed by atoms with Crippen molar-refractivity contribution in [2.45, 2.75) is 27.2 Å². The summed E-state index contributed by atoms with van der Waals surface area (Å²) in [7, 11) is 0. The normalized spacial score (nSPS) is 11.2. The van der Waals surface area contributed by atoms with E-state index in [9.17, 15) is 4.79 Å². The van der Waals surface area contributed by atoms with E-state index in [0.717, 1.165) is 6.42 Å². The van der Waals surface area contributed by atoms with Gasteiger partial charge in [0.2, 0.25) is 0 Å². The SMILES string of the molecule is CC(C)(C)CCONC(N)=O. The fourth-order valence-corrected chi connectivity index (χ4v) is 0.479. The van der Waals surface area contributed by atoms with Gasteiger partial charge in [-0.2, -0.15) is 0 Å². The van der Waals surface area contributed by atoms with Gasteiger partial charge in [0.1, 0.15) is 0 Å². The molecule has 0 rings (SSSR count). The van der Waals surface area contributed by atoms with Gasteiger partial charge >= 0.3 is 6.03 Å².